The van der Waals surface area contributed by atoms with Gasteiger partial charge in [0.15, 0.2) is 0 Å². The van der Waals surface area contributed by atoms with Crippen molar-refractivity contribution in [3.8, 4) is 0 Å². The normalized spacial score (nSPS) is 19.3. The lowest BCUT2D eigenvalue weighted by atomic mass is 9.96. The number of amides is 1. The Labute approximate surface area is 118 Å². The van der Waals surface area contributed by atoms with E-state index in [0.717, 1.165) is 30.6 Å². The minimum Gasteiger partial charge on any atom is -0.392 e. The van der Waals surface area contributed by atoms with Crippen LogP contribution in [0.15, 0.2) is 18.2 Å². The van der Waals surface area contributed by atoms with Crippen LogP contribution in [0, 0.1) is 5.92 Å². The Hall–Kier alpha value is -1.26. The number of carbonyl (C=O) groups excluding carboxylic acids is 1. The molecule has 1 fully saturated rings. The number of hydrogen-bond donors (Lipinski definition) is 2. The number of aliphatic hydroxyl groups excluding tert-OH is 1. The Morgan fingerprint density at radius 2 is 2.37 bits per heavy atom. The Kier molecular flexibility index (Phi) is 4.66. The fourth-order valence-corrected chi connectivity index (χ4v) is 2.95. The molecule has 2 rings (SSSR count). The summed E-state index contributed by atoms with van der Waals surface area (Å²) in [7, 11) is 1.66. The summed E-state index contributed by atoms with van der Waals surface area (Å²) in [6.07, 6.45) is 1.85. The molecule has 19 heavy (non-hydrogen) atoms. The number of benzene rings is 1. The SMILES string of the molecule is CNC(=O)C1CCCN(c2c(Cl)cccc2CO)C1. The van der Waals surface area contributed by atoms with Gasteiger partial charge >= 0.3 is 0 Å². The third-order valence-corrected chi connectivity index (χ3v) is 3.90. The van der Waals surface area contributed by atoms with Crippen LogP contribution in [-0.4, -0.2) is 31.2 Å². The number of anilines is 1. The molecule has 2 N–H and O–H groups in total. The first kappa shape index (κ1) is 14.2. The summed E-state index contributed by atoms with van der Waals surface area (Å²) < 4.78 is 0. The Morgan fingerprint density at radius 3 is 3.05 bits per heavy atom. The van der Waals surface area contributed by atoms with E-state index in [1.54, 1.807) is 7.05 Å². The number of nitrogens with one attached hydrogen (secondary N) is 1. The molecule has 1 amide bonds. The summed E-state index contributed by atoms with van der Waals surface area (Å²) in [5, 5.41) is 12.8. The molecule has 104 valence electrons. The molecule has 1 atom stereocenters. The monoisotopic (exact) mass is 282 g/mol. The predicted molar refractivity (Wildman–Crippen MR) is 76.4 cm³/mol. The van der Waals surface area contributed by atoms with E-state index < -0.39 is 0 Å². The number of para-hydroxylation sites is 1. The molecule has 1 aromatic rings. The summed E-state index contributed by atoms with van der Waals surface area (Å²) >= 11 is 6.25. The molecule has 1 saturated heterocycles. The van der Waals surface area contributed by atoms with E-state index >= 15 is 0 Å². The van der Waals surface area contributed by atoms with E-state index in [-0.39, 0.29) is 18.4 Å². The Balaban J connectivity index is 2.24. The summed E-state index contributed by atoms with van der Waals surface area (Å²) in [6.45, 7) is 1.47. The molecule has 0 radical (unpaired) electrons. The van der Waals surface area contributed by atoms with Gasteiger partial charge in [-0.2, -0.15) is 0 Å². The number of piperidine rings is 1. The number of hydrogen-bond acceptors (Lipinski definition) is 3. The van der Waals surface area contributed by atoms with E-state index in [0.29, 0.717) is 11.6 Å². The van der Waals surface area contributed by atoms with Crippen molar-refractivity contribution in [2.45, 2.75) is 19.4 Å². The average molecular weight is 283 g/mol. The smallest absolute Gasteiger partial charge is 0.224 e. The van der Waals surface area contributed by atoms with E-state index in [2.05, 4.69) is 10.2 Å². The fraction of sp³-hybridized carbons (Fsp3) is 0.500. The van der Waals surface area contributed by atoms with Crippen molar-refractivity contribution in [1.29, 1.82) is 0 Å². The van der Waals surface area contributed by atoms with Crippen molar-refractivity contribution < 1.29 is 9.90 Å². The summed E-state index contributed by atoms with van der Waals surface area (Å²) in [5.41, 5.74) is 1.67. The lowest BCUT2D eigenvalue weighted by Crippen LogP contribution is -2.42. The summed E-state index contributed by atoms with van der Waals surface area (Å²) in [4.78, 5) is 13.9. The molecule has 5 heteroatoms. The van der Waals surface area contributed by atoms with Crippen LogP contribution in [0.1, 0.15) is 18.4 Å². The molecule has 1 aliphatic heterocycles. The zero-order valence-corrected chi connectivity index (χ0v) is 11.8. The molecule has 0 aliphatic carbocycles. The van der Waals surface area contributed by atoms with Crippen LogP contribution < -0.4 is 10.2 Å². The predicted octanol–water partition coefficient (Wildman–Crippen LogP) is 1.79. The number of nitrogens with zero attached hydrogens (tertiary/aromatic N) is 1. The lowest BCUT2D eigenvalue weighted by Gasteiger charge is -2.35. The third kappa shape index (κ3) is 3.01. The van der Waals surface area contributed by atoms with Crippen LogP contribution in [0.25, 0.3) is 0 Å². The van der Waals surface area contributed by atoms with Gasteiger partial charge in [-0.3, -0.25) is 4.79 Å². The van der Waals surface area contributed by atoms with Gasteiger partial charge < -0.3 is 15.3 Å². The van der Waals surface area contributed by atoms with Gasteiger partial charge in [0.1, 0.15) is 0 Å². The van der Waals surface area contributed by atoms with Crippen LogP contribution >= 0.6 is 11.6 Å². The molecule has 0 aromatic heterocycles. The number of halogens is 1. The molecular weight excluding hydrogens is 264 g/mol. The quantitative estimate of drug-likeness (QED) is 0.889. The van der Waals surface area contributed by atoms with Crippen molar-refractivity contribution in [1.82, 2.24) is 5.32 Å². The van der Waals surface area contributed by atoms with Crippen molar-refractivity contribution in [3.63, 3.8) is 0 Å². The average Bonchev–Trinajstić information content (AvgIpc) is 2.46. The minimum absolute atomic E-state index is 0.0124. The molecule has 1 heterocycles. The Morgan fingerprint density at radius 1 is 1.58 bits per heavy atom. The van der Waals surface area contributed by atoms with Gasteiger partial charge in [-0.1, -0.05) is 23.7 Å². The second kappa shape index (κ2) is 6.26. The molecule has 0 spiro atoms. The molecular formula is C14H19ClN2O2. The number of rotatable bonds is 3. The van der Waals surface area contributed by atoms with Crippen molar-refractivity contribution in [2.24, 2.45) is 5.92 Å². The van der Waals surface area contributed by atoms with Gasteiger partial charge in [0, 0.05) is 25.7 Å². The largest absolute Gasteiger partial charge is 0.392 e. The molecule has 1 aliphatic rings. The van der Waals surface area contributed by atoms with Crippen molar-refractivity contribution >= 4 is 23.2 Å². The first-order valence-corrected chi connectivity index (χ1v) is 6.90. The third-order valence-electron chi connectivity index (χ3n) is 3.60. The standard InChI is InChI=1S/C14H19ClN2O2/c1-16-14(19)10-5-3-7-17(8-10)13-11(9-18)4-2-6-12(13)15/h2,4,6,10,18H,3,5,7-9H2,1H3,(H,16,19). The zero-order chi connectivity index (χ0) is 13.8. The van der Waals surface area contributed by atoms with Gasteiger partial charge in [-0.15, -0.1) is 0 Å². The van der Waals surface area contributed by atoms with Crippen molar-refractivity contribution in [3.05, 3.63) is 28.8 Å². The van der Waals surface area contributed by atoms with Crippen LogP contribution in [-0.2, 0) is 11.4 Å². The highest BCUT2D eigenvalue weighted by Gasteiger charge is 2.27. The number of aliphatic hydroxyl groups is 1. The van der Waals surface area contributed by atoms with Crippen molar-refractivity contribution in [2.75, 3.05) is 25.0 Å². The molecule has 0 saturated carbocycles. The number of carbonyl (C=O) groups is 1. The van der Waals surface area contributed by atoms with Crippen LogP contribution in [0.2, 0.25) is 5.02 Å². The van der Waals surface area contributed by atoms with Gasteiger partial charge in [0.05, 0.1) is 23.2 Å². The maximum absolute atomic E-state index is 11.8. The zero-order valence-electron chi connectivity index (χ0n) is 11.0. The maximum atomic E-state index is 11.8. The lowest BCUT2D eigenvalue weighted by molar-refractivity contribution is -0.124. The molecule has 0 bridgehead atoms. The Bertz CT molecular complexity index is 465. The van der Waals surface area contributed by atoms with Gasteiger partial charge in [-0.05, 0) is 18.9 Å². The van der Waals surface area contributed by atoms with E-state index in [9.17, 15) is 9.90 Å². The van der Waals surface area contributed by atoms with Crippen LogP contribution in [0.5, 0.6) is 0 Å². The second-order valence-electron chi connectivity index (χ2n) is 4.81. The second-order valence-corrected chi connectivity index (χ2v) is 5.21. The molecule has 1 unspecified atom stereocenters. The highest BCUT2D eigenvalue weighted by molar-refractivity contribution is 6.33. The fourth-order valence-electron chi connectivity index (χ4n) is 2.64. The highest BCUT2D eigenvalue weighted by atomic mass is 35.5. The summed E-state index contributed by atoms with van der Waals surface area (Å²) in [6, 6.07) is 5.52. The minimum atomic E-state index is -0.0446. The summed E-state index contributed by atoms with van der Waals surface area (Å²) in [5.74, 6) is 0.0591. The van der Waals surface area contributed by atoms with Gasteiger partial charge in [-0.25, -0.2) is 0 Å². The van der Waals surface area contributed by atoms with E-state index in [1.807, 2.05) is 18.2 Å². The highest BCUT2D eigenvalue weighted by Crippen LogP contribution is 2.33. The maximum Gasteiger partial charge on any atom is 0.224 e. The van der Waals surface area contributed by atoms with Gasteiger partial charge in [0.2, 0.25) is 5.91 Å². The van der Waals surface area contributed by atoms with E-state index in [1.165, 1.54) is 0 Å². The first-order chi connectivity index (χ1) is 9.17. The van der Waals surface area contributed by atoms with Gasteiger partial charge in [0.25, 0.3) is 0 Å². The first-order valence-electron chi connectivity index (χ1n) is 6.52. The van der Waals surface area contributed by atoms with Crippen LogP contribution in [0.3, 0.4) is 0 Å². The topological polar surface area (TPSA) is 52.6 Å². The van der Waals surface area contributed by atoms with E-state index in [4.69, 9.17) is 11.6 Å². The van der Waals surface area contributed by atoms with Crippen LogP contribution in [0.4, 0.5) is 5.69 Å². The molecule has 4 nitrogen and oxygen atoms in total. The molecule has 1 aromatic carbocycles.